The average molecular weight is 573 g/mol. The molecule has 0 amide bonds. The standard InChI is InChI=1S/C16H13Cl2NO4.C13H17NO2/c17-11-5-3-6-12(18)16(11)19-13-7-2-1-4-10(13)8-15(22)23-9-14(20)21;1-9(2)8-14-12-6-4-11(5-7-12)10(3)13(15)16/h1-7,19H,8-9H2,(H,20,21);4-7,10,14H,1,8H2,2-3H3,(H,15,16). The van der Waals surface area contributed by atoms with Crippen molar-refractivity contribution in [1.82, 2.24) is 0 Å². The van der Waals surface area contributed by atoms with Crippen LogP contribution in [-0.2, 0) is 25.5 Å². The lowest BCUT2D eigenvalue weighted by molar-refractivity contribution is -0.154. The Morgan fingerprint density at radius 1 is 0.949 bits per heavy atom. The van der Waals surface area contributed by atoms with Crippen molar-refractivity contribution in [3.8, 4) is 0 Å². The van der Waals surface area contributed by atoms with Crippen LogP contribution in [0.3, 0.4) is 0 Å². The van der Waals surface area contributed by atoms with Crippen LogP contribution in [0.5, 0.6) is 0 Å². The van der Waals surface area contributed by atoms with Crippen molar-refractivity contribution in [2.75, 3.05) is 23.8 Å². The van der Waals surface area contributed by atoms with Crippen molar-refractivity contribution in [3.63, 3.8) is 0 Å². The van der Waals surface area contributed by atoms with E-state index in [0.717, 1.165) is 23.4 Å². The Balaban J connectivity index is 0.000000293. The summed E-state index contributed by atoms with van der Waals surface area (Å²) < 4.78 is 4.64. The number of benzene rings is 3. The first-order valence-electron chi connectivity index (χ1n) is 11.8. The topological polar surface area (TPSA) is 125 Å². The fourth-order valence-corrected chi connectivity index (χ4v) is 3.67. The molecule has 3 rings (SSSR count). The zero-order valence-corrected chi connectivity index (χ0v) is 23.1. The molecular formula is C29H30Cl2N2O6. The third-order valence-electron chi connectivity index (χ3n) is 5.31. The van der Waals surface area contributed by atoms with E-state index in [-0.39, 0.29) is 6.42 Å². The zero-order valence-electron chi connectivity index (χ0n) is 21.5. The molecule has 0 bridgehead atoms. The van der Waals surface area contributed by atoms with Crippen LogP contribution >= 0.6 is 23.2 Å². The van der Waals surface area contributed by atoms with Gasteiger partial charge in [0, 0.05) is 17.9 Å². The number of nitrogens with one attached hydrogen (secondary N) is 2. The van der Waals surface area contributed by atoms with Crippen LogP contribution in [0, 0.1) is 0 Å². The van der Waals surface area contributed by atoms with E-state index in [4.69, 9.17) is 33.4 Å². The highest BCUT2D eigenvalue weighted by Crippen LogP contribution is 2.33. The van der Waals surface area contributed by atoms with Crippen molar-refractivity contribution < 1.29 is 29.3 Å². The van der Waals surface area contributed by atoms with Gasteiger partial charge in [-0.2, -0.15) is 0 Å². The summed E-state index contributed by atoms with van der Waals surface area (Å²) >= 11 is 12.2. The molecule has 0 aliphatic carbocycles. The Morgan fingerprint density at radius 2 is 1.56 bits per heavy atom. The van der Waals surface area contributed by atoms with Crippen LogP contribution < -0.4 is 10.6 Å². The van der Waals surface area contributed by atoms with Gasteiger partial charge in [-0.3, -0.25) is 9.59 Å². The molecule has 206 valence electrons. The summed E-state index contributed by atoms with van der Waals surface area (Å²) in [5.74, 6) is -3.10. The molecule has 0 fully saturated rings. The first-order chi connectivity index (χ1) is 18.5. The van der Waals surface area contributed by atoms with Gasteiger partial charge in [-0.1, -0.05) is 71.8 Å². The van der Waals surface area contributed by atoms with Gasteiger partial charge in [0.05, 0.1) is 28.1 Å². The first kappa shape index (κ1) is 31.2. The number of carboxylic acid groups (broad SMARTS) is 2. The lowest BCUT2D eigenvalue weighted by Crippen LogP contribution is -2.15. The van der Waals surface area contributed by atoms with Crippen molar-refractivity contribution >= 4 is 58.2 Å². The smallest absolute Gasteiger partial charge is 0.341 e. The van der Waals surface area contributed by atoms with Gasteiger partial charge >= 0.3 is 17.9 Å². The van der Waals surface area contributed by atoms with E-state index in [1.807, 2.05) is 31.2 Å². The number of hydrogen-bond acceptors (Lipinski definition) is 6. The third-order valence-corrected chi connectivity index (χ3v) is 5.94. The van der Waals surface area contributed by atoms with Gasteiger partial charge in [0.1, 0.15) is 0 Å². The molecule has 10 heteroatoms. The normalized spacial score (nSPS) is 10.9. The largest absolute Gasteiger partial charge is 0.481 e. The fourth-order valence-electron chi connectivity index (χ4n) is 3.18. The first-order valence-corrected chi connectivity index (χ1v) is 12.6. The summed E-state index contributed by atoms with van der Waals surface area (Å²) in [5.41, 5.74) is 4.65. The number of carbonyl (C=O) groups excluding carboxylic acids is 1. The molecule has 0 saturated carbocycles. The van der Waals surface area contributed by atoms with E-state index in [9.17, 15) is 14.4 Å². The zero-order chi connectivity index (χ0) is 28.9. The van der Waals surface area contributed by atoms with Gasteiger partial charge in [-0.15, -0.1) is 0 Å². The molecule has 0 spiro atoms. The van der Waals surface area contributed by atoms with Crippen LogP contribution in [0.4, 0.5) is 17.1 Å². The number of para-hydroxylation sites is 2. The minimum atomic E-state index is -1.20. The highest BCUT2D eigenvalue weighted by Gasteiger charge is 2.14. The number of carboxylic acids is 2. The van der Waals surface area contributed by atoms with Gasteiger partial charge in [0.25, 0.3) is 0 Å². The van der Waals surface area contributed by atoms with E-state index in [2.05, 4.69) is 21.9 Å². The van der Waals surface area contributed by atoms with E-state index in [1.54, 1.807) is 49.4 Å². The quantitative estimate of drug-likeness (QED) is 0.146. The summed E-state index contributed by atoms with van der Waals surface area (Å²) in [6.45, 7) is 7.50. The number of ether oxygens (including phenoxy) is 1. The molecule has 0 aliphatic heterocycles. The third kappa shape index (κ3) is 10.7. The molecule has 0 radical (unpaired) electrons. The maximum absolute atomic E-state index is 11.7. The summed E-state index contributed by atoms with van der Waals surface area (Å²) in [4.78, 5) is 32.9. The van der Waals surface area contributed by atoms with Crippen molar-refractivity contribution in [1.29, 1.82) is 0 Å². The Kier molecular flexibility index (Phi) is 12.3. The molecule has 0 aliphatic rings. The lowest BCUT2D eigenvalue weighted by atomic mass is 10.0. The molecule has 3 aromatic carbocycles. The van der Waals surface area contributed by atoms with Crippen LogP contribution in [-0.4, -0.2) is 41.3 Å². The number of halogens is 2. The molecule has 1 unspecified atom stereocenters. The summed E-state index contributed by atoms with van der Waals surface area (Å²) in [6, 6.07) is 19.6. The average Bonchev–Trinajstić information content (AvgIpc) is 2.89. The molecule has 4 N–H and O–H groups in total. The Hall–Kier alpha value is -4.01. The predicted molar refractivity (Wildman–Crippen MR) is 154 cm³/mol. The molecule has 0 heterocycles. The van der Waals surface area contributed by atoms with Crippen LogP contribution in [0.2, 0.25) is 10.0 Å². The minimum Gasteiger partial charge on any atom is -0.481 e. The SMILES string of the molecule is C=C(C)CNc1ccc(C(C)C(=O)O)cc1.O=C(O)COC(=O)Cc1ccccc1Nc1c(Cl)cccc1Cl. The van der Waals surface area contributed by atoms with Gasteiger partial charge < -0.3 is 25.6 Å². The summed E-state index contributed by atoms with van der Waals surface area (Å²) in [5, 5.41) is 24.5. The maximum atomic E-state index is 11.7. The van der Waals surface area contributed by atoms with Crippen molar-refractivity contribution in [3.05, 3.63) is 100 Å². The van der Waals surface area contributed by atoms with Crippen molar-refractivity contribution in [2.45, 2.75) is 26.2 Å². The number of hydrogen-bond donors (Lipinski definition) is 4. The van der Waals surface area contributed by atoms with E-state index in [0.29, 0.717) is 27.0 Å². The number of aliphatic carboxylic acids is 2. The van der Waals surface area contributed by atoms with Gasteiger partial charge in [0.2, 0.25) is 0 Å². The van der Waals surface area contributed by atoms with Crippen LogP contribution in [0.25, 0.3) is 0 Å². The van der Waals surface area contributed by atoms with Crippen LogP contribution in [0.15, 0.2) is 78.9 Å². The summed E-state index contributed by atoms with van der Waals surface area (Å²) in [7, 11) is 0. The second-order valence-electron chi connectivity index (χ2n) is 8.60. The Labute approximate surface area is 237 Å². The number of rotatable bonds is 11. The van der Waals surface area contributed by atoms with Crippen LogP contribution in [0.1, 0.15) is 30.9 Å². The number of esters is 1. The maximum Gasteiger partial charge on any atom is 0.341 e. The lowest BCUT2D eigenvalue weighted by Gasteiger charge is -2.14. The fraction of sp³-hybridized carbons (Fsp3) is 0.207. The van der Waals surface area contributed by atoms with Gasteiger partial charge in [0.15, 0.2) is 6.61 Å². The number of carbonyl (C=O) groups is 3. The molecule has 8 nitrogen and oxygen atoms in total. The van der Waals surface area contributed by atoms with E-state index in [1.165, 1.54) is 0 Å². The monoisotopic (exact) mass is 572 g/mol. The molecule has 1 atom stereocenters. The highest BCUT2D eigenvalue weighted by atomic mass is 35.5. The molecule has 0 aromatic heterocycles. The second-order valence-corrected chi connectivity index (χ2v) is 9.42. The van der Waals surface area contributed by atoms with E-state index < -0.39 is 30.4 Å². The molecule has 39 heavy (non-hydrogen) atoms. The second kappa shape index (κ2) is 15.4. The highest BCUT2D eigenvalue weighted by molar-refractivity contribution is 6.39. The summed E-state index contributed by atoms with van der Waals surface area (Å²) in [6.07, 6.45) is -0.0709. The van der Waals surface area contributed by atoms with Gasteiger partial charge in [-0.05, 0) is 55.3 Å². The molecule has 0 saturated heterocycles. The number of anilines is 3. The predicted octanol–water partition coefficient (Wildman–Crippen LogP) is 6.77. The molecule has 3 aromatic rings. The van der Waals surface area contributed by atoms with Crippen molar-refractivity contribution in [2.24, 2.45) is 0 Å². The van der Waals surface area contributed by atoms with Gasteiger partial charge in [-0.25, -0.2) is 4.79 Å². The minimum absolute atomic E-state index is 0.0709. The Bertz CT molecular complexity index is 1290. The Morgan fingerprint density at radius 3 is 2.13 bits per heavy atom. The van der Waals surface area contributed by atoms with E-state index >= 15 is 0 Å². The molecular weight excluding hydrogens is 543 g/mol.